The van der Waals surface area contributed by atoms with Crippen LogP contribution >= 0.6 is 0 Å². The molecule has 0 aromatic heterocycles. The van der Waals surface area contributed by atoms with Crippen molar-refractivity contribution in [3.05, 3.63) is 29.3 Å². The van der Waals surface area contributed by atoms with Crippen LogP contribution in [0.15, 0.2) is 18.2 Å². The van der Waals surface area contributed by atoms with E-state index in [1.54, 1.807) is 29.8 Å². The van der Waals surface area contributed by atoms with Gasteiger partial charge in [0.2, 0.25) is 5.91 Å². The van der Waals surface area contributed by atoms with Crippen molar-refractivity contribution in [1.29, 1.82) is 0 Å². The summed E-state index contributed by atoms with van der Waals surface area (Å²) in [6.07, 6.45) is 0.798. The van der Waals surface area contributed by atoms with Crippen LogP contribution in [0.5, 0.6) is 0 Å². The van der Waals surface area contributed by atoms with E-state index in [4.69, 9.17) is 5.73 Å². The Labute approximate surface area is 119 Å². The van der Waals surface area contributed by atoms with Crippen LogP contribution in [0.2, 0.25) is 0 Å². The predicted molar refractivity (Wildman–Crippen MR) is 78.8 cm³/mol. The smallest absolute Gasteiger partial charge is 0.253 e. The standard InChI is InChI=1S/C15H21N3O2/c1-10(9-16)17(3)15(20)13-4-5-14-12(8-13)6-7-18(14)11(2)19/h4-5,8,10H,6-7,9,16H2,1-3H3. The molecule has 5 nitrogen and oxygen atoms in total. The number of fused-ring (bicyclic) bond motifs is 1. The Hall–Kier alpha value is -1.88. The highest BCUT2D eigenvalue weighted by molar-refractivity contribution is 5.97. The van der Waals surface area contributed by atoms with Gasteiger partial charge >= 0.3 is 0 Å². The van der Waals surface area contributed by atoms with Crippen LogP contribution in [0.3, 0.4) is 0 Å². The lowest BCUT2D eigenvalue weighted by Crippen LogP contribution is -2.39. The molecule has 1 aliphatic heterocycles. The van der Waals surface area contributed by atoms with Crippen molar-refractivity contribution in [3.63, 3.8) is 0 Å². The number of benzene rings is 1. The highest BCUT2D eigenvalue weighted by Crippen LogP contribution is 2.29. The van der Waals surface area contributed by atoms with E-state index >= 15 is 0 Å². The quantitative estimate of drug-likeness (QED) is 0.895. The molecule has 20 heavy (non-hydrogen) atoms. The Morgan fingerprint density at radius 1 is 1.45 bits per heavy atom. The fourth-order valence-electron chi connectivity index (χ4n) is 2.42. The SMILES string of the molecule is CC(=O)N1CCc2cc(C(=O)N(C)C(C)CN)ccc21. The number of rotatable bonds is 3. The molecule has 0 spiro atoms. The van der Waals surface area contributed by atoms with Gasteiger partial charge in [-0.2, -0.15) is 0 Å². The summed E-state index contributed by atoms with van der Waals surface area (Å²) in [5, 5.41) is 0. The molecule has 1 heterocycles. The van der Waals surface area contributed by atoms with E-state index in [9.17, 15) is 9.59 Å². The first-order valence-electron chi connectivity index (χ1n) is 6.84. The molecule has 0 aliphatic carbocycles. The van der Waals surface area contributed by atoms with Crippen molar-refractivity contribution < 1.29 is 9.59 Å². The molecule has 2 amide bonds. The fourth-order valence-corrected chi connectivity index (χ4v) is 2.42. The molecule has 1 atom stereocenters. The van der Waals surface area contributed by atoms with E-state index in [1.165, 1.54) is 0 Å². The first-order chi connectivity index (χ1) is 9.45. The topological polar surface area (TPSA) is 66.6 Å². The summed E-state index contributed by atoms with van der Waals surface area (Å²) in [7, 11) is 1.76. The lowest BCUT2D eigenvalue weighted by Gasteiger charge is -2.24. The summed E-state index contributed by atoms with van der Waals surface area (Å²) >= 11 is 0. The molecule has 1 aromatic carbocycles. The van der Waals surface area contributed by atoms with Gasteiger partial charge in [-0.3, -0.25) is 9.59 Å². The molecule has 1 unspecified atom stereocenters. The minimum atomic E-state index is -0.0352. The van der Waals surface area contributed by atoms with Crippen LogP contribution < -0.4 is 10.6 Å². The third-order valence-corrected chi connectivity index (χ3v) is 3.92. The van der Waals surface area contributed by atoms with Gasteiger partial charge in [0.05, 0.1) is 0 Å². The van der Waals surface area contributed by atoms with Crippen molar-refractivity contribution in [2.24, 2.45) is 5.73 Å². The number of likely N-dealkylation sites (N-methyl/N-ethyl adjacent to an activating group) is 1. The first kappa shape index (κ1) is 14.5. The summed E-state index contributed by atoms with van der Waals surface area (Å²) < 4.78 is 0. The maximum Gasteiger partial charge on any atom is 0.253 e. The van der Waals surface area contributed by atoms with Gasteiger partial charge in [0.1, 0.15) is 0 Å². The zero-order valence-corrected chi connectivity index (χ0v) is 12.2. The highest BCUT2D eigenvalue weighted by atomic mass is 16.2. The van der Waals surface area contributed by atoms with Gasteiger partial charge in [0.15, 0.2) is 0 Å². The summed E-state index contributed by atoms with van der Waals surface area (Å²) in [5.74, 6) is 0.00345. The summed E-state index contributed by atoms with van der Waals surface area (Å²) in [4.78, 5) is 27.2. The second kappa shape index (κ2) is 5.63. The van der Waals surface area contributed by atoms with Crippen LogP contribution in [-0.2, 0) is 11.2 Å². The van der Waals surface area contributed by atoms with E-state index in [1.807, 2.05) is 19.1 Å². The maximum absolute atomic E-state index is 12.4. The third kappa shape index (κ3) is 2.54. The molecule has 1 aromatic rings. The number of hydrogen-bond acceptors (Lipinski definition) is 3. The molecule has 1 aliphatic rings. The van der Waals surface area contributed by atoms with E-state index in [2.05, 4.69) is 0 Å². The summed E-state index contributed by atoms with van der Waals surface area (Å²) in [5.41, 5.74) is 8.22. The van der Waals surface area contributed by atoms with Crippen molar-refractivity contribution in [2.45, 2.75) is 26.3 Å². The van der Waals surface area contributed by atoms with Gasteiger partial charge in [0.25, 0.3) is 5.91 Å². The lowest BCUT2D eigenvalue weighted by atomic mass is 10.1. The van der Waals surface area contributed by atoms with Gasteiger partial charge in [-0.15, -0.1) is 0 Å². The Morgan fingerprint density at radius 2 is 2.15 bits per heavy atom. The van der Waals surface area contributed by atoms with Crippen LogP contribution in [0, 0.1) is 0 Å². The molecule has 0 bridgehead atoms. The van der Waals surface area contributed by atoms with E-state index in [0.717, 1.165) is 17.7 Å². The van der Waals surface area contributed by atoms with Crippen LogP contribution in [-0.4, -0.2) is 42.9 Å². The zero-order valence-electron chi connectivity index (χ0n) is 12.2. The Kier molecular flexibility index (Phi) is 4.09. The van der Waals surface area contributed by atoms with Gasteiger partial charge < -0.3 is 15.5 Å². The van der Waals surface area contributed by atoms with E-state index in [-0.39, 0.29) is 17.9 Å². The van der Waals surface area contributed by atoms with Crippen LogP contribution in [0.1, 0.15) is 29.8 Å². The molecule has 2 N–H and O–H groups in total. The minimum absolute atomic E-state index is 0.00414. The monoisotopic (exact) mass is 275 g/mol. The molecular formula is C15H21N3O2. The molecule has 108 valence electrons. The Balaban J connectivity index is 2.25. The normalized spacial score (nSPS) is 14.9. The van der Waals surface area contributed by atoms with Gasteiger partial charge in [-0.1, -0.05) is 0 Å². The second-order valence-electron chi connectivity index (χ2n) is 5.26. The number of carbonyl (C=O) groups is 2. The molecule has 0 fully saturated rings. The van der Waals surface area contributed by atoms with Gasteiger partial charge in [-0.25, -0.2) is 0 Å². The van der Waals surface area contributed by atoms with Crippen molar-refractivity contribution >= 4 is 17.5 Å². The number of nitrogens with two attached hydrogens (primary N) is 1. The lowest BCUT2D eigenvalue weighted by molar-refractivity contribution is -0.116. The van der Waals surface area contributed by atoms with Gasteiger partial charge in [-0.05, 0) is 37.1 Å². The molecule has 0 saturated heterocycles. The summed E-state index contributed by atoms with van der Waals surface area (Å²) in [6.45, 7) is 4.61. The van der Waals surface area contributed by atoms with Crippen molar-refractivity contribution in [3.8, 4) is 0 Å². The Bertz CT molecular complexity index is 542. The van der Waals surface area contributed by atoms with Crippen LogP contribution in [0.25, 0.3) is 0 Å². The number of carbonyl (C=O) groups excluding carboxylic acids is 2. The molecular weight excluding hydrogens is 254 g/mol. The van der Waals surface area contributed by atoms with E-state index < -0.39 is 0 Å². The zero-order chi connectivity index (χ0) is 14.9. The number of hydrogen-bond donors (Lipinski definition) is 1. The minimum Gasteiger partial charge on any atom is -0.338 e. The molecule has 0 radical (unpaired) electrons. The van der Waals surface area contributed by atoms with Crippen molar-refractivity contribution in [2.75, 3.05) is 25.0 Å². The van der Waals surface area contributed by atoms with Crippen molar-refractivity contribution in [1.82, 2.24) is 4.90 Å². The average molecular weight is 275 g/mol. The second-order valence-corrected chi connectivity index (χ2v) is 5.26. The predicted octanol–water partition coefficient (Wildman–Crippen LogP) is 1.01. The molecule has 2 rings (SSSR count). The Morgan fingerprint density at radius 3 is 2.75 bits per heavy atom. The largest absolute Gasteiger partial charge is 0.338 e. The fraction of sp³-hybridized carbons (Fsp3) is 0.467. The summed E-state index contributed by atoms with van der Waals surface area (Å²) in [6, 6.07) is 5.53. The van der Waals surface area contributed by atoms with E-state index in [0.29, 0.717) is 18.7 Å². The van der Waals surface area contributed by atoms with Gasteiger partial charge in [0, 0.05) is 44.4 Å². The molecule has 5 heteroatoms. The van der Waals surface area contributed by atoms with Crippen LogP contribution in [0.4, 0.5) is 5.69 Å². The maximum atomic E-state index is 12.4. The third-order valence-electron chi connectivity index (χ3n) is 3.92. The average Bonchev–Trinajstić information content (AvgIpc) is 2.87. The number of amides is 2. The highest BCUT2D eigenvalue weighted by Gasteiger charge is 2.24. The number of anilines is 1. The number of nitrogens with zero attached hydrogens (tertiary/aromatic N) is 2. The molecule has 0 saturated carbocycles. The first-order valence-corrected chi connectivity index (χ1v) is 6.84.